The highest BCUT2D eigenvalue weighted by Crippen LogP contribution is 2.32. The second-order valence-corrected chi connectivity index (χ2v) is 7.44. The molecule has 0 unspecified atom stereocenters. The molecule has 8 heteroatoms. The molecule has 1 fully saturated rings. The number of aromatic nitrogens is 1. The Morgan fingerprint density at radius 1 is 1.09 bits per heavy atom. The van der Waals surface area contributed by atoms with E-state index in [2.05, 4.69) is 34.4 Å². The first-order chi connectivity index (χ1) is 15.8. The zero-order chi connectivity index (χ0) is 22.4. The molecule has 174 valence electrons. The van der Waals surface area contributed by atoms with Crippen molar-refractivity contribution in [1.29, 1.82) is 0 Å². The minimum Gasteiger partial charge on any atom is -0.490 e. The lowest BCUT2D eigenvalue weighted by atomic mass is 10.2. The van der Waals surface area contributed by atoms with Gasteiger partial charge in [-0.3, -0.25) is 4.90 Å². The Morgan fingerprint density at radius 2 is 1.91 bits per heavy atom. The van der Waals surface area contributed by atoms with Crippen LogP contribution in [-0.2, 0) is 11.3 Å². The van der Waals surface area contributed by atoms with Crippen molar-refractivity contribution in [1.82, 2.24) is 20.5 Å². The standard InChI is InChI=1S/C24H35N5O3/c1-3-16-31-21-9-5-6-10-22(21)32-23-20(8-7-11-26-23)19-28-24(25-4-2)27-12-13-29-14-17-30-18-15-29/h5-11H,3-4,12-19H2,1-2H3,(H2,25,27,28). The lowest BCUT2D eigenvalue weighted by Crippen LogP contribution is -2.44. The Bertz CT molecular complexity index is 840. The number of ether oxygens (including phenoxy) is 3. The molecule has 1 aliphatic rings. The normalized spacial score (nSPS) is 14.8. The van der Waals surface area contributed by atoms with Gasteiger partial charge >= 0.3 is 0 Å². The van der Waals surface area contributed by atoms with E-state index >= 15 is 0 Å². The van der Waals surface area contributed by atoms with Crippen molar-refractivity contribution < 1.29 is 14.2 Å². The van der Waals surface area contributed by atoms with Gasteiger partial charge in [-0.05, 0) is 31.5 Å². The molecule has 0 spiro atoms. The third-order valence-corrected chi connectivity index (χ3v) is 4.94. The summed E-state index contributed by atoms with van der Waals surface area (Å²) in [7, 11) is 0. The Kier molecular flexibility index (Phi) is 10.1. The van der Waals surface area contributed by atoms with E-state index in [1.807, 2.05) is 36.4 Å². The van der Waals surface area contributed by atoms with Crippen molar-refractivity contribution in [2.75, 3.05) is 52.5 Å². The Morgan fingerprint density at radius 3 is 2.69 bits per heavy atom. The van der Waals surface area contributed by atoms with E-state index < -0.39 is 0 Å². The molecule has 1 aromatic heterocycles. The maximum absolute atomic E-state index is 6.13. The lowest BCUT2D eigenvalue weighted by molar-refractivity contribution is 0.0389. The molecule has 0 atom stereocenters. The van der Waals surface area contributed by atoms with Gasteiger partial charge in [0.05, 0.1) is 26.4 Å². The minimum atomic E-state index is 0.452. The second-order valence-electron chi connectivity index (χ2n) is 7.44. The summed E-state index contributed by atoms with van der Waals surface area (Å²) in [5, 5.41) is 6.72. The smallest absolute Gasteiger partial charge is 0.224 e. The first-order valence-corrected chi connectivity index (χ1v) is 11.5. The number of hydrogen-bond acceptors (Lipinski definition) is 6. The van der Waals surface area contributed by atoms with Crippen LogP contribution >= 0.6 is 0 Å². The summed E-state index contributed by atoms with van der Waals surface area (Å²) in [6.07, 6.45) is 2.66. The van der Waals surface area contributed by atoms with Crippen LogP contribution in [-0.4, -0.2) is 68.4 Å². The molecule has 3 rings (SSSR count). The highest BCUT2D eigenvalue weighted by molar-refractivity contribution is 5.79. The van der Waals surface area contributed by atoms with Gasteiger partial charge in [-0.25, -0.2) is 9.98 Å². The van der Waals surface area contributed by atoms with Gasteiger partial charge < -0.3 is 24.8 Å². The van der Waals surface area contributed by atoms with Crippen molar-refractivity contribution in [2.45, 2.75) is 26.8 Å². The summed E-state index contributed by atoms with van der Waals surface area (Å²) < 4.78 is 17.3. The Labute approximate surface area is 191 Å². The van der Waals surface area contributed by atoms with E-state index in [1.54, 1.807) is 6.20 Å². The molecule has 1 saturated heterocycles. The van der Waals surface area contributed by atoms with Gasteiger partial charge in [-0.15, -0.1) is 0 Å². The summed E-state index contributed by atoms with van der Waals surface area (Å²) in [5.74, 6) is 2.68. The average molecular weight is 442 g/mol. The Hall–Kier alpha value is -2.84. The molecular weight excluding hydrogens is 406 g/mol. The quantitative estimate of drug-likeness (QED) is 0.410. The third kappa shape index (κ3) is 7.69. The zero-order valence-electron chi connectivity index (χ0n) is 19.2. The summed E-state index contributed by atoms with van der Waals surface area (Å²) >= 11 is 0. The van der Waals surface area contributed by atoms with Gasteiger partial charge in [0.25, 0.3) is 0 Å². The molecule has 32 heavy (non-hydrogen) atoms. The average Bonchev–Trinajstić information content (AvgIpc) is 2.83. The molecule has 0 aliphatic carbocycles. The van der Waals surface area contributed by atoms with Crippen molar-refractivity contribution >= 4 is 5.96 Å². The fourth-order valence-electron chi connectivity index (χ4n) is 3.27. The molecule has 2 N–H and O–H groups in total. The first kappa shape index (κ1) is 23.8. The number of nitrogens with zero attached hydrogens (tertiary/aromatic N) is 3. The van der Waals surface area contributed by atoms with Crippen molar-refractivity contribution in [3.05, 3.63) is 48.2 Å². The molecule has 8 nitrogen and oxygen atoms in total. The maximum Gasteiger partial charge on any atom is 0.224 e. The zero-order valence-corrected chi connectivity index (χ0v) is 19.2. The maximum atomic E-state index is 6.13. The molecular formula is C24H35N5O3. The van der Waals surface area contributed by atoms with Crippen molar-refractivity contribution in [2.24, 2.45) is 4.99 Å². The topological polar surface area (TPSA) is 80.2 Å². The molecule has 0 bridgehead atoms. The van der Waals surface area contributed by atoms with E-state index in [4.69, 9.17) is 19.2 Å². The van der Waals surface area contributed by atoms with Gasteiger partial charge in [0, 0.05) is 44.5 Å². The number of hydrogen-bond donors (Lipinski definition) is 2. The van der Waals surface area contributed by atoms with E-state index in [1.165, 1.54) is 0 Å². The summed E-state index contributed by atoms with van der Waals surface area (Å²) in [5.41, 5.74) is 0.906. The third-order valence-electron chi connectivity index (χ3n) is 4.94. The van der Waals surface area contributed by atoms with Gasteiger partial charge in [-0.2, -0.15) is 0 Å². The van der Waals surface area contributed by atoms with E-state index in [0.717, 1.165) is 63.9 Å². The highest BCUT2D eigenvalue weighted by atomic mass is 16.5. The molecule has 0 radical (unpaired) electrons. The van der Waals surface area contributed by atoms with Crippen molar-refractivity contribution in [3.8, 4) is 17.4 Å². The number of para-hydroxylation sites is 2. The molecule has 1 aromatic carbocycles. The van der Waals surface area contributed by atoms with Crippen LogP contribution in [0.5, 0.6) is 17.4 Å². The number of nitrogens with one attached hydrogen (secondary N) is 2. The predicted octanol–water partition coefficient (Wildman–Crippen LogP) is 3.05. The van der Waals surface area contributed by atoms with Gasteiger partial charge in [0.1, 0.15) is 0 Å². The largest absolute Gasteiger partial charge is 0.490 e. The molecule has 0 saturated carbocycles. The number of benzene rings is 1. The summed E-state index contributed by atoms with van der Waals surface area (Å²) in [6, 6.07) is 11.6. The van der Waals surface area contributed by atoms with E-state index in [9.17, 15) is 0 Å². The predicted molar refractivity (Wildman–Crippen MR) is 127 cm³/mol. The Balaban J connectivity index is 1.62. The molecule has 1 aliphatic heterocycles. The number of pyridine rings is 1. The highest BCUT2D eigenvalue weighted by Gasteiger charge is 2.12. The van der Waals surface area contributed by atoms with Crippen LogP contribution in [0.4, 0.5) is 0 Å². The first-order valence-electron chi connectivity index (χ1n) is 11.5. The van der Waals surface area contributed by atoms with Gasteiger partial charge in [-0.1, -0.05) is 25.1 Å². The minimum absolute atomic E-state index is 0.452. The molecule has 2 heterocycles. The number of aliphatic imine (C=N–C) groups is 1. The van der Waals surface area contributed by atoms with Gasteiger partial charge in [0.15, 0.2) is 17.5 Å². The van der Waals surface area contributed by atoms with Crippen LogP contribution in [0.15, 0.2) is 47.6 Å². The SMILES string of the molecule is CCCOc1ccccc1Oc1ncccc1CN=C(NCC)NCCN1CCOCC1. The van der Waals surface area contributed by atoms with Crippen molar-refractivity contribution in [3.63, 3.8) is 0 Å². The van der Waals surface area contributed by atoms with Crippen LogP contribution in [0.1, 0.15) is 25.8 Å². The number of morpholine rings is 1. The summed E-state index contributed by atoms with van der Waals surface area (Å²) in [6.45, 7) is 11.4. The lowest BCUT2D eigenvalue weighted by Gasteiger charge is -2.26. The second kappa shape index (κ2) is 13.5. The van der Waals surface area contributed by atoms with E-state index in [0.29, 0.717) is 30.5 Å². The van der Waals surface area contributed by atoms with Crippen LogP contribution in [0, 0.1) is 0 Å². The fraction of sp³-hybridized carbons (Fsp3) is 0.500. The van der Waals surface area contributed by atoms with Gasteiger partial charge in [0.2, 0.25) is 5.88 Å². The monoisotopic (exact) mass is 441 g/mol. The molecule has 0 amide bonds. The van der Waals surface area contributed by atoms with Crippen LogP contribution in [0.3, 0.4) is 0 Å². The summed E-state index contributed by atoms with van der Waals surface area (Å²) in [4.78, 5) is 11.6. The number of rotatable bonds is 11. The fourth-order valence-corrected chi connectivity index (χ4v) is 3.27. The van der Waals surface area contributed by atoms with E-state index in [-0.39, 0.29) is 0 Å². The van der Waals surface area contributed by atoms with Crippen LogP contribution in [0.2, 0.25) is 0 Å². The van der Waals surface area contributed by atoms with Crippen LogP contribution < -0.4 is 20.1 Å². The number of guanidine groups is 1. The van der Waals surface area contributed by atoms with Crippen LogP contribution in [0.25, 0.3) is 0 Å². The molecule has 2 aromatic rings.